The predicted molar refractivity (Wildman–Crippen MR) is 95.6 cm³/mol. The molecule has 1 aromatic heterocycles. The third-order valence-corrected chi connectivity index (χ3v) is 4.58. The third kappa shape index (κ3) is 2.86. The molecule has 0 fully saturated rings. The maximum atomic E-state index is 14.8. The van der Waals surface area contributed by atoms with Crippen molar-refractivity contribution < 1.29 is 13.3 Å². The molecule has 2 nitrogen and oxygen atoms in total. The van der Waals surface area contributed by atoms with Crippen LogP contribution in [0.5, 0.6) is 0 Å². The van der Waals surface area contributed by atoms with Crippen LogP contribution in [0, 0.1) is 53.4 Å². The first kappa shape index (κ1) is 17.3. The Morgan fingerprint density at radius 2 is 1.16 bits per heavy atom. The molecular formula is C21H23F2N2+. The minimum atomic E-state index is -0.880. The van der Waals surface area contributed by atoms with Crippen LogP contribution in [0.3, 0.4) is 0 Å². The maximum absolute atomic E-state index is 14.8. The van der Waals surface area contributed by atoms with E-state index in [0.29, 0.717) is 11.4 Å². The molecule has 3 rings (SSSR count). The molecule has 1 heterocycles. The zero-order valence-electron chi connectivity index (χ0n) is 15.5. The summed E-state index contributed by atoms with van der Waals surface area (Å²) in [5.41, 5.74) is 7.22. The number of nitrogens with zero attached hydrogens (tertiary/aromatic N) is 2. The van der Waals surface area contributed by atoms with Gasteiger partial charge in [-0.2, -0.15) is 17.9 Å². The van der Waals surface area contributed by atoms with E-state index in [1.54, 1.807) is 0 Å². The van der Waals surface area contributed by atoms with Gasteiger partial charge in [-0.3, -0.25) is 0 Å². The molecule has 0 saturated heterocycles. The molecule has 0 aliphatic rings. The van der Waals surface area contributed by atoms with Crippen molar-refractivity contribution in [2.45, 2.75) is 41.5 Å². The van der Waals surface area contributed by atoms with Crippen molar-refractivity contribution >= 4 is 0 Å². The lowest BCUT2D eigenvalue weighted by Gasteiger charge is -2.08. The molecule has 0 atom stereocenters. The Morgan fingerprint density at radius 1 is 0.720 bits per heavy atom. The molecule has 0 unspecified atom stereocenters. The van der Waals surface area contributed by atoms with Gasteiger partial charge in [0.25, 0.3) is 6.33 Å². The third-order valence-electron chi connectivity index (χ3n) is 4.58. The molecule has 2 aromatic carbocycles. The number of aromatic nitrogens is 2. The van der Waals surface area contributed by atoms with E-state index in [1.807, 2.05) is 65.8 Å². The van der Waals surface area contributed by atoms with Crippen LogP contribution in [0.2, 0.25) is 0 Å². The maximum Gasteiger partial charge on any atom is 0.361 e. The zero-order chi connectivity index (χ0) is 18.5. The summed E-state index contributed by atoms with van der Waals surface area (Å²) in [6, 6.07) is 7.91. The van der Waals surface area contributed by atoms with Gasteiger partial charge in [-0.15, -0.1) is 0 Å². The molecule has 25 heavy (non-hydrogen) atoms. The highest BCUT2D eigenvalue weighted by molar-refractivity contribution is 5.49. The lowest BCUT2D eigenvalue weighted by atomic mass is 10.0. The van der Waals surface area contributed by atoms with Crippen LogP contribution in [0.1, 0.15) is 33.4 Å². The topological polar surface area (TPSA) is 8.81 Å². The SMILES string of the molecule is Cc1cc(C)c(-n2c[n+](-c3c(C)cc(C)cc3C)c(F)c2F)c(C)c1. The van der Waals surface area contributed by atoms with Crippen molar-refractivity contribution in [1.29, 1.82) is 0 Å². The van der Waals surface area contributed by atoms with Crippen molar-refractivity contribution in [3.05, 3.63) is 75.9 Å². The van der Waals surface area contributed by atoms with Gasteiger partial charge in [0.2, 0.25) is 0 Å². The van der Waals surface area contributed by atoms with Crippen LogP contribution in [0.25, 0.3) is 11.4 Å². The quantitative estimate of drug-likeness (QED) is 0.587. The van der Waals surface area contributed by atoms with E-state index < -0.39 is 11.9 Å². The highest BCUT2D eigenvalue weighted by Crippen LogP contribution is 2.24. The average molecular weight is 341 g/mol. The van der Waals surface area contributed by atoms with Crippen LogP contribution in [0.15, 0.2) is 30.6 Å². The molecule has 4 heteroatoms. The first-order valence-electron chi connectivity index (χ1n) is 8.35. The minimum absolute atomic E-state index is 0.683. The molecule has 0 spiro atoms. The monoisotopic (exact) mass is 341 g/mol. The number of imidazole rings is 1. The van der Waals surface area contributed by atoms with E-state index in [1.165, 1.54) is 15.5 Å². The van der Waals surface area contributed by atoms with Crippen molar-refractivity contribution in [1.82, 2.24) is 4.57 Å². The summed E-state index contributed by atoms with van der Waals surface area (Å²) in [4.78, 5) is 0. The molecule has 0 aliphatic carbocycles. The normalized spacial score (nSPS) is 11.2. The Bertz CT molecular complexity index is 860. The summed E-state index contributed by atoms with van der Waals surface area (Å²) in [5, 5.41) is 0. The van der Waals surface area contributed by atoms with E-state index in [0.717, 1.165) is 33.4 Å². The van der Waals surface area contributed by atoms with Crippen molar-refractivity contribution in [3.8, 4) is 11.4 Å². The number of hydrogen-bond acceptors (Lipinski definition) is 0. The fraction of sp³-hybridized carbons (Fsp3) is 0.286. The zero-order valence-corrected chi connectivity index (χ0v) is 15.5. The molecule has 0 amide bonds. The van der Waals surface area contributed by atoms with E-state index >= 15 is 0 Å². The summed E-state index contributed by atoms with van der Waals surface area (Å²) in [7, 11) is 0. The van der Waals surface area contributed by atoms with Gasteiger partial charge < -0.3 is 0 Å². The van der Waals surface area contributed by atoms with Crippen LogP contribution < -0.4 is 4.57 Å². The summed E-state index contributed by atoms with van der Waals surface area (Å²) in [6.07, 6.45) is 1.50. The van der Waals surface area contributed by atoms with Gasteiger partial charge in [-0.1, -0.05) is 35.4 Å². The Morgan fingerprint density at radius 3 is 1.64 bits per heavy atom. The molecule has 0 aliphatic heterocycles. The standard InChI is InChI=1S/C21H23F2N2/c1-12-7-14(3)18(15(4)8-12)24-11-25(21(23)20(24)22)19-16(5)9-13(2)10-17(19)6/h7-11H,1-6H3/q+1. The molecule has 0 N–H and O–H groups in total. The molecular weight excluding hydrogens is 318 g/mol. The number of halogens is 2. The molecule has 3 aromatic rings. The largest absolute Gasteiger partial charge is 0.361 e. The minimum Gasteiger partial charge on any atom is -0.167 e. The van der Waals surface area contributed by atoms with Gasteiger partial charge in [0.15, 0.2) is 0 Å². The summed E-state index contributed by atoms with van der Waals surface area (Å²) in [6.45, 7) is 11.7. The highest BCUT2D eigenvalue weighted by atomic mass is 19.2. The van der Waals surface area contributed by atoms with Crippen molar-refractivity contribution in [2.75, 3.05) is 0 Å². The fourth-order valence-electron chi connectivity index (χ4n) is 3.83. The van der Waals surface area contributed by atoms with Gasteiger partial charge in [0.05, 0.1) is 0 Å². The van der Waals surface area contributed by atoms with Gasteiger partial charge in [0.1, 0.15) is 11.4 Å². The van der Waals surface area contributed by atoms with E-state index in [-0.39, 0.29) is 0 Å². The summed E-state index contributed by atoms with van der Waals surface area (Å²) >= 11 is 0. The van der Waals surface area contributed by atoms with E-state index in [2.05, 4.69) is 0 Å². The van der Waals surface area contributed by atoms with Crippen LogP contribution in [-0.2, 0) is 0 Å². The predicted octanol–water partition coefficient (Wildman–Crippen LogP) is 4.88. The van der Waals surface area contributed by atoms with Gasteiger partial charge in [-0.25, -0.2) is 0 Å². The average Bonchev–Trinajstić information content (AvgIpc) is 2.74. The van der Waals surface area contributed by atoms with Crippen LogP contribution in [-0.4, -0.2) is 4.57 Å². The fourth-order valence-corrected chi connectivity index (χ4v) is 3.83. The Labute approximate surface area is 147 Å². The number of hydrogen-bond donors (Lipinski definition) is 0. The Balaban J connectivity index is 2.28. The summed E-state index contributed by atoms with van der Waals surface area (Å²) < 4.78 is 32.1. The van der Waals surface area contributed by atoms with E-state index in [4.69, 9.17) is 0 Å². The van der Waals surface area contributed by atoms with Crippen LogP contribution in [0.4, 0.5) is 8.78 Å². The lowest BCUT2D eigenvalue weighted by molar-refractivity contribution is -0.628. The second-order valence-corrected chi connectivity index (χ2v) is 6.93. The Kier molecular flexibility index (Phi) is 4.23. The highest BCUT2D eigenvalue weighted by Gasteiger charge is 2.29. The summed E-state index contributed by atoms with van der Waals surface area (Å²) in [5.74, 6) is -1.76. The molecule has 130 valence electrons. The second-order valence-electron chi connectivity index (χ2n) is 6.93. The van der Waals surface area contributed by atoms with Crippen molar-refractivity contribution in [3.63, 3.8) is 0 Å². The number of aryl methyl sites for hydroxylation is 6. The van der Waals surface area contributed by atoms with Gasteiger partial charge >= 0.3 is 11.9 Å². The smallest absolute Gasteiger partial charge is 0.167 e. The van der Waals surface area contributed by atoms with E-state index in [9.17, 15) is 8.78 Å². The lowest BCUT2D eigenvalue weighted by Crippen LogP contribution is -2.34. The second kappa shape index (κ2) is 6.10. The number of benzene rings is 2. The molecule has 0 bridgehead atoms. The molecule has 0 saturated carbocycles. The van der Waals surface area contributed by atoms with Gasteiger partial charge in [0, 0.05) is 0 Å². The Hall–Kier alpha value is -2.49. The number of rotatable bonds is 2. The van der Waals surface area contributed by atoms with Gasteiger partial charge in [-0.05, 0) is 63.8 Å². The first-order valence-corrected chi connectivity index (χ1v) is 8.35. The molecule has 0 radical (unpaired) electrons. The van der Waals surface area contributed by atoms with Crippen LogP contribution >= 0.6 is 0 Å². The first-order chi connectivity index (χ1) is 11.7. The van der Waals surface area contributed by atoms with Crippen molar-refractivity contribution in [2.24, 2.45) is 0 Å².